The van der Waals surface area contributed by atoms with Crippen LogP contribution in [0, 0.1) is 12.3 Å². The van der Waals surface area contributed by atoms with Gasteiger partial charge in [-0.1, -0.05) is 29.1 Å². The predicted octanol–water partition coefficient (Wildman–Crippen LogP) is 1.33. The fraction of sp³-hybridized carbons (Fsp3) is 0.417. The molecule has 1 fully saturated rings. The summed E-state index contributed by atoms with van der Waals surface area (Å²) < 4.78 is 26.3. The maximum atomic E-state index is 12.4. The average Bonchev–Trinajstić information content (AvgIpc) is 2.43. The van der Waals surface area contributed by atoms with Crippen LogP contribution in [0.25, 0.3) is 0 Å². The highest BCUT2D eigenvalue weighted by atomic mass is 35.5. The number of halogens is 2. The van der Waals surface area contributed by atoms with Crippen molar-refractivity contribution in [2.75, 3.05) is 32.7 Å². The zero-order valence-electron chi connectivity index (χ0n) is 10.6. The molecule has 2 rings (SSSR count). The summed E-state index contributed by atoms with van der Waals surface area (Å²) >= 11 is 11.5. The summed E-state index contributed by atoms with van der Waals surface area (Å²) in [7, 11) is -3.59. The molecule has 1 aromatic heterocycles. The van der Waals surface area contributed by atoms with Gasteiger partial charge in [0.25, 0.3) is 0 Å². The van der Waals surface area contributed by atoms with Gasteiger partial charge in [0.05, 0.1) is 11.6 Å². The molecule has 0 radical (unpaired) electrons. The van der Waals surface area contributed by atoms with Crippen molar-refractivity contribution in [3.8, 4) is 12.3 Å². The van der Waals surface area contributed by atoms with Gasteiger partial charge in [0.15, 0.2) is 0 Å². The smallest absolute Gasteiger partial charge is 0.244 e. The van der Waals surface area contributed by atoms with Crippen LogP contribution in [-0.2, 0) is 10.0 Å². The average molecular weight is 334 g/mol. The Morgan fingerprint density at radius 1 is 1.30 bits per heavy atom. The van der Waals surface area contributed by atoms with Crippen molar-refractivity contribution in [3.63, 3.8) is 0 Å². The lowest BCUT2D eigenvalue weighted by Gasteiger charge is -2.32. The van der Waals surface area contributed by atoms with Crippen LogP contribution in [0.5, 0.6) is 0 Å². The minimum atomic E-state index is -3.59. The summed E-state index contributed by atoms with van der Waals surface area (Å²) in [6.07, 6.45) is 6.46. The SMILES string of the molecule is C#CCN1CCN(S(=O)(=O)c2cnc(Cl)c(Cl)c2)CC1. The van der Waals surface area contributed by atoms with Crippen molar-refractivity contribution in [1.82, 2.24) is 14.2 Å². The zero-order chi connectivity index (χ0) is 14.8. The second-order valence-electron chi connectivity index (χ2n) is 4.33. The van der Waals surface area contributed by atoms with Crippen molar-refractivity contribution in [2.45, 2.75) is 4.90 Å². The van der Waals surface area contributed by atoms with E-state index in [4.69, 9.17) is 29.6 Å². The van der Waals surface area contributed by atoms with Crippen molar-refractivity contribution in [2.24, 2.45) is 0 Å². The highest BCUT2D eigenvalue weighted by Gasteiger charge is 2.28. The molecule has 1 saturated heterocycles. The molecule has 1 aliphatic rings. The Bertz CT molecular complexity index is 635. The van der Waals surface area contributed by atoms with Crippen LogP contribution < -0.4 is 0 Å². The number of terminal acetylenes is 1. The van der Waals surface area contributed by atoms with Crippen molar-refractivity contribution < 1.29 is 8.42 Å². The molecule has 2 heterocycles. The van der Waals surface area contributed by atoms with Gasteiger partial charge in [0, 0.05) is 32.4 Å². The van der Waals surface area contributed by atoms with E-state index in [0.29, 0.717) is 32.7 Å². The molecule has 5 nitrogen and oxygen atoms in total. The molecule has 0 unspecified atom stereocenters. The molecule has 0 amide bonds. The number of sulfonamides is 1. The number of hydrogen-bond donors (Lipinski definition) is 0. The van der Waals surface area contributed by atoms with Crippen molar-refractivity contribution >= 4 is 33.2 Å². The molecule has 8 heteroatoms. The second kappa shape index (κ2) is 6.29. The minimum absolute atomic E-state index is 0.0531. The van der Waals surface area contributed by atoms with Gasteiger partial charge in [-0.05, 0) is 6.07 Å². The van der Waals surface area contributed by atoms with Gasteiger partial charge < -0.3 is 0 Å². The first-order valence-electron chi connectivity index (χ1n) is 5.92. The summed E-state index contributed by atoms with van der Waals surface area (Å²) in [6.45, 7) is 2.53. The molecule has 108 valence electrons. The van der Waals surface area contributed by atoms with Crippen LogP contribution in [-0.4, -0.2) is 55.3 Å². The third-order valence-electron chi connectivity index (χ3n) is 3.06. The lowest BCUT2D eigenvalue weighted by molar-refractivity contribution is 0.207. The van der Waals surface area contributed by atoms with Gasteiger partial charge in [-0.25, -0.2) is 13.4 Å². The van der Waals surface area contributed by atoms with Gasteiger partial charge >= 0.3 is 0 Å². The van der Waals surface area contributed by atoms with E-state index in [1.807, 2.05) is 4.90 Å². The molecule has 0 N–H and O–H groups in total. The van der Waals surface area contributed by atoms with E-state index < -0.39 is 10.0 Å². The minimum Gasteiger partial charge on any atom is -0.290 e. The first-order chi connectivity index (χ1) is 9.45. The van der Waals surface area contributed by atoms with E-state index in [1.165, 1.54) is 16.6 Å². The van der Waals surface area contributed by atoms with Gasteiger partial charge in [0.1, 0.15) is 10.0 Å². The molecule has 1 aromatic rings. The van der Waals surface area contributed by atoms with Crippen LogP contribution in [0.2, 0.25) is 10.2 Å². The van der Waals surface area contributed by atoms with Crippen LogP contribution in [0.1, 0.15) is 0 Å². The molecule has 0 atom stereocenters. The highest BCUT2D eigenvalue weighted by molar-refractivity contribution is 7.89. The number of hydrogen-bond acceptors (Lipinski definition) is 4. The molecule has 0 saturated carbocycles. The van der Waals surface area contributed by atoms with Crippen LogP contribution in [0.15, 0.2) is 17.2 Å². The lowest BCUT2D eigenvalue weighted by atomic mass is 10.4. The fourth-order valence-corrected chi connectivity index (χ4v) is 3.68. The molecule has 0 aliphatic carbocycles. The molecule has 1 aliphatic heterocycles. The van der Waals surface area contributed by atoms with E-state index in [-0.39, 0.29) is 15.1 Å². The number of piperazine rings is 1. The van der Waals surface area contributed by atoms with Gasteiger partial charge in [-0.2, -0.15) is 4.31 Å². The van der Waals surface area contributed by atoms with E-state index in [9.17, 15) is 8.42 Å². The Hall–Kier alpha value is -0.840. The van der Waals surface area contributed by atoms with E-state index in [2.05, 4.69) is 10.9 Å². The van der Waals surface area contributed by atoms with Crippen molar-refractivity contribution in [1.29, 1.82) is 0 Å². The first-order valence-corrected chi connectivity index (χ1v) is 8.12. The summed E-state index contributed by atoms with van der Waals surface area (Å²) in [6, 6.07) is 1.32. The summed E-state index contributed by atoms with van der Waals surface area (Å²) in [5, 5.41) is 0.211. The third kappa shape index (κ3) is 3.25. The molecular weight excluding hydrogens is 321 g/mol. The molecule has 0 aromatic carbocycles. The predicted molar refractivity (Wildman–Crippen MR) is 78.3 cm³/mol. The van der Waals surface area contributed by atoms with Crippen LogP contribution in [0.4, 0.5) is 0 Å². The normalized spacial score (nSPS) is 17.9. The third-order valence-corrected chi connectivity index (χ3v) is 5.61. The maximum Gasteiger partial charge on any atom is 0.244 e. The Kier molecular flexibility index (Phi) is 4.89. The zero-order valence-corrected chi connectivity index (χ0v) is 12.9. The van der Waals surface area contributed by atoms with Gasteiger partial charge in [0.2, 0.25) is 10.0 Å². The Labute approximate surface area is 128 Å². The van der Waals surface area contributed by atoms with Gasteiger partial charge in [-0.3, -0.25) is 4.90 Å². The monoisotopic (exact) mass is 333 g/mol. The fourth-order valence-electron chi connectivity index (χ4n) is 1.95. The number of nitrogens with zero attached hydrogens (tertiary/aromatic N) is 3. The highest BCUT2D eigenvalue weighted by Crippen LogP contribution is 2.24. The quantitative estimate of drug-likeness (QED) is 0.618. The maximum absolute atomic E-state index is 12.4. The van der Waals surface area contributed by atoms with E-state index in [1.54, 1.807) is 0 Å². The number of aromatic nitrogens is 1. The van der Waals surface area contributed by atoms with E-state index in [0.717, 1.165) is 0 Å². The van der Waals surface area contributed by atoms with E-state index >= 15 is 0 Å². The topological polar surface area (TPSA) is 53.5 Å². The molecule has 20 heavy (non-hydrogen) atoms. The van der Waals surface area contributed by atoms with Gasteiger partial charge in [-0.15, -0.1) is 6.42 Å². The van der Waals surface area contributed by atoms with Crippen LogP contribution >= 0.6 is 23.2 Å². The standard InChI is InChI=1S/C12H13Cl2N3O2S/c1-2-3-16-4-6-17(7-5-16)20(18,19)10-8-11(13)12(14)15-9-10/h1,8-9H,3-7H2. The Balaban J connectivity index is 2.16. The Morgan fingerprint density at radius 3 is 2.50 bits per heavy atom. The number of pyridine rings is 1. The molecular formula is C12H13Cl2N3O2S. The Morgan fingerprint density at radius 2 is 1.95 bits per heavy atom. The van der Waals surface area contributed by atoms with Crippen molar-refractivity contribution in [3.05, 3.63) is 22.4 Å². The second-order valence-corrected chi connectivity index (χ2v) is 7.03. The molecule has 0 spiro atoms. The summed E-state index contributed by atoms with van der Waals surface area (Å²) in [5.74, 6) is 2.55. The van der Waals surface area contributed by atoms with Crippen LogP contribution in [0.3, 0.4) is 0 Å². The first kappa shape index (κ1) is 15.5. The summed E-state index contributed by atoms with van der Waals surface area (Å²) in [5.41, 5.74) is 0. The summed E-state index contributed by atoms with van der Waals surface area (Å²) in [4.78, 5) is 5.85. The lowest BCUT2D eigenvalue weighted by Crippen LogP contribution is -2.48. The number of rotatable bonds is 3. The largest absolute Gasteiger partial charge is 0.290 e. The molecule has 0 bridgehead atoms.